The van der Waals surface area contributed by atoms with Crippen molar-refractivity contribution in [2.75, 3.05) is 45.8 Å². The van der Waals surface area contributed by atoms with E-state index in [1.807, 2.05) is 6.07 Å². The van der Waals surface area contributed by atoms with Crippen molar-refractivity contribution in [1.82, 2.24) is 14.7 Å². The molecule has 2 N–H and O–H groups in total. The summed E-state index contributed by atoms with van der Waals surface area (Å²) < 4.78 is 5.48. The Morgan fingerprint density at radius 2 is 1.59 bits per heavy atom. The summed E-state index contributed by atoms with van der Waals surface area (Å²) in [6.07, 6.45) is 8.98. The van der Waals surface area contributed by atoms with Crippen molar-refractivity contribution in [3.63, 3.8) is 0 Å². The minimum absolute atomic E-state index is 0.250. The third-order valence-electron chi connectivity index (χ3n) is 6.15. The zero-order valence-corrected chi connectivity index (χ0v) is 17.2. The van der Waals surface area contributed by atoms with Gasteiger partial charge in [-0.05, 0) is 56.8 Å². The molecule has 8 nitrogen and oxygen atoms in total. The fourth-order valence-corrected chi connectivity index (χ4v) is 4.87. The summed E-state index contributed by atoms with van der Waals surface area (Å²) in [5.41, 5.74) is 0. The van der Waals surface area contributed by atoms with E-state index in [2.05, 4.69) is 20.8 Å². The molecule has 164 valence electrons. The number of carbonyl (C=O) groups is 2. The van der Waals surface area contributed by atoms with Gasteiger partial charge in [0.25, 0.3) is 12.9 Å². The van der Waals surface area contributed by atoms with Crippen LogP contribution in [0.1, 0.15) is 37.9 Å². The first-order chi connectivity index (χ1) is 14.2. The van der Waals surface area contributed by atoms with Gasteiger partial charge in [-0.15, -0.1) is 0 Å². The number of hydrogen-bond donors (Lipinski definition) is 2. The van der Waals surface area contributed by atoms with Gasteiger partial charge < -0.3 is 24.4 Å². The van der Waals surface area contributed by atoms with E-state index in [-0.39, 0.29) is 12.9 Å². The molecule has 3 saturated heterocycles. The van der Waals surface area contributed by atoms with E-state index in [1.54, 1.807) is 6.26 Å². The highest BCUT2D eigenvalue weighted by molar-refractivity contribution is 5.33. The van der Waals surface area contributed by atoms with Gasteiger partial charge in [-0.1, -0.05) is 6.42 Å². The average molecular weight is 410 g/mol. The van der Waals surface area contributed by atoms with E-state index in [9.17, 15) is 0 Å². The fourth-order valence-electron chi connectivity index (χ4n) is 4.87. The minimum atomic E-state index is -0.250. The first kappa shape index (κ1) is 23.4. The number of rotatable bonds is 4. The zero-order chi connectivity index (χ0) is 20.9. The Balaban J connectivity index is 0.000000449. The van der Waals surface area contributed by atoms with Gasteiger partial charge in [0.15, 0.2) is 0 Å². The Kier molecular flexibility index (Phi) is 10.8. The normalized spacial score (nSPS) is 25.5. The smallest absolute Gasteiger partial charge is 0.290 e. The maximum Gasteiger partial charge on any atom is 0.290 e. The van der Waals surface area contributed by atoms with Gasteiger partial charge in [0, 0.05) is 38.8 Å². The molecule has 2 atom stereocenters. The molecule has 8 heteroatoms. The number of fused-ring (bicyclic) bond motifs is 1. The molecule has 0 amide bonds. The quantitative estimate of drug-likeness (QED) is 0.730. The van der Waals surface area contributed by atoms with Crippen LogP contribution >= 0.6 is 0 Å². The summed E-state index contributed by atoms with van der Waals surface area (Å²) in [4.78, 5) is 24.8. The van der Waals surface area contributed by atoms with Crippen LogP contribution in [0.25, 0.3) is 0 Å². The molecule has 0 bridgehead atoms. The van der Waals surface area contributed by atoms with Crippen molar-refractivity contribution >= 4 is 12.9 Å². The van der Waals surface area contributed by atoms with Crippen molar-refractivity contribution in [3.8, 4) is 0 Å². The van der Waals surface area contributed by atoms with Gasteiger partial charge in [-0.25, -0.2) is 0 Å². The molecule has 0 spiro atoms. The maximum absolute atomic E-state index is 8.36. The number of furan rings is 1. The summed E-state index contributed by atoms with van der Waals surface area (Å²) in [7, 11) is 0. The second kappa shape index (κ2) is 13.3. The summed E-state index contributed by atoms with van der Waals surface area (Å²) in [6, 6.07) is 4.97. The van der Waals surface area contributed by atoms with E-state index in [1.165, 1.54) is 77.9 Å². The Morgan fingerprint density at radius 3 is 2.24 bits per heavy atom. The predicted octanol–water partition coefficient (Wildman–Crippen LogP) is 2.06. The lowest BCUT2D eigenvalue weighted by Gasteiger charge is -2.46. The van der Waals surface area contributed by atoms with Crippen molar-refractivity contribution in [3.05, 3.63) is 24.2 Å². The summed E-state index contributed by atoms with van der Waals surface area (Å²) in [5.74, 6) is 2.02. The van der Waals surface area contributed by atoms with Crippen molar-refractivity contribution in [2.45, 2.75) is 44.7 Å². The molecule has 0 unspecified atom stereocenters. The summed E-state index contributed by atoms with van der Waals surface area (Å²) >= 11 is 0. The number of piperazine rings is 1. The molecule has 29 heavy (non-hydrogen) atoms. The minimum Gasteiger partial charge on any atom is -0.483 e. The second-order valence-electron chi connectivity index (χ2n) is 7.87. The predicted molar refractivity (Wildman–Crippen MR) is 110 cm³/mol. The average Bonchev–Trinajstić information content (AvgIpc) is 3.24. The molecule has 0 saturated carbocycles. The lowest BCUT2D eigenvalue weighted by Crippen LogP contribution is -2.53. The van der Waals surface area contributed by atoms with E-state index in [4.69, 9.17) is 24.2 Å². The molecule has 3 aliphatic rings. The molecule has 3 fully saturated rings. The number of piperidine rings is 2. The molecule has 4 rings (SSSR count). The summed E-state index contributed by atoms with van der Waals surface area (Å²) in [6.45, 7) is 9.34. The molecule has 0 radical (unpaired) electrons. The monoisotopic (exact) mass is 409 g/mol. The van der Waals surface area contributed by atoms with Gasteiger partial charge in [-0.2, -0.15) is 0 Å². The topological polar surface area (TPSA) is 97.5 Å². The molecule has 0 aromatic carbocycles. The Hall–Kier alpha value is -1.90. The molecule has 3 aliphatic heterocycles. The largest absolute Gasteiger partial charge is 0.483 e. The molecule has 4 heterocycles. The Morgan fingerprint density at radius 1 is 0.931 bits per heavy atom. The third kappa shape index (κ3) is 7.79. The van der Waals surface area contributed by atoms with Crippen LogP contribution in [0.4, 0.5) is 0 Å². The van der Waals surface area contributed by atoms with Crippen LogP contribution in [-0.4, -0.2) is 89.7 Å². The van der Waals surface area contributed by atoms with Gasteiger partial charge >= 0.3 is 0 Å². The van der Waals surface area contributed by atoms with Crippen molar-refractivity contribution in [2.24, 2.45) is 5.92 Å². The summed E-state index contributed by atoms with van der Waals surface area (Å²) in [5, 5.41) is 13.8. The van der Waals surface area contributed by atoms with Crippen LogP contribution < -0.4 is 0 Å². The molecule has 0 aliphatic carbocycles. The fraction of sp³-hybridized carbons (Fsp3) is 0.714. The van der Waals surface area contributed by atoms with Gasteiger partial charge in [-0.3, -0.25) is 14.5 Å². The molecule has 1 aromatic rings. The van der Waals surface area contributed by atoms with Crippen molar-refractivity contribution < 1.29 is 24.2 Å². The standard InChI is InChI=1S/C19H31N3O.2CH2O2/c1-2-8-22-9-3-5-17(19(22)7-1)15-20-10-12-21(13-11-20)16-18-6-4-14-23-18;2*2-1-3/h4,6,14,17,19H,1-3,5,7-13,15-16H2;2*1H,(H,2,3)/t17-,19+;;/m0../s1. The van der Waals surface area contributed by atoms with Gasteiger partial charge in [0.1, 0.15) is 5.76 Å². The van der Waals surface area contributed by atoms with Crippen LogP contribution in [0.3, 0.4) is 0 Å². The molecule has 1 aromatic heterocycles. The number of carboxylic acid groups (broad SMARTS) is 2. The number of hydrogen-bond acceptors (Lipinski definition) is 6. The molecular weight excluding hydrogens is 374 g/mol. The van der Waals surface area contributed by atoms with Crippen LogP contribution in [0.2, 0.25) is 0 Å². The Bertz CT molecular complexity index is 553. The van der Waals surface area contributed by atoms with E-state index in [0.717, 1.165) is 24.3 Å². The highest BCUT2D eigenvalue weighted by Gasteiger charge is 2.34. The number of nitrogens with zero attached hydrogens (tertiary/aromatic N) is 3. The SMILES string of the molecule is O=CO.O=CO.c1coc(CN2CCN(C[C@@H]3CCCN4CCCC[C@H]34)CC2)c1. The lowest BCUT2D eigenvalue weighted by molar-refractivity contribution is -0.123. The van der Waals surface area contributed by atoms with Crippen LogP contribution in [0.5, 0.6) is 0 Å². The first-order valence-electron chi connectivity index (χ1n) is 10.6. The lowest BCUT2D eigenvalue weighted by atomic mass is 9.83. The third-order valence-corrected chi connectivity index (χ3v) is 6.15. The second-order valence-corrected chi connectivity index (χ2v) is 7.87. The Labute approximate surface area is 173 Å². The maximum atomic E-state index is 8.36. The van der Waals surface area contributed by atoms with Gasteiger partial charge in [0.2, 0.25) is 0 Å². The zero-order valence-electron chi connectivity index (χ0n) is 17.2. The van der Waals surface area contributed by atoms with E-state index < -0.39 is 0 Å². The van der Waals surface area contributed by atoms with Gasteiger partial charge in [0.05, 0.1) is 12.8 Å². The van der Waals surface area contributed by atoms with Crippen LogP contribution in [-0.2, 0) is 16.1 Å². The highest BCUT2D eigenvalue weighted by Crippen LogP contribution is 2.31. The molecular formula is C21H35N3O5. The van der Waals surface area contributed by atoms with E-state index >= 15 is 0 Å². The van der Waals surface area contributed by atoms with Crippen molar-refractivity contribution in [1.29, 1.82) is 0 Å². The first-order valence-corrected chi connectivity index (χ1v) is 10.6. The van der Waals surface area contributed by atoms with Crippen LogP contribution in [0, 0.1) is 5.92 Å². The van der Waals surface area contributed by atoms with E-state index in [0.29, 0.717) is 0 Å². The van der Waals surface area contributed by atoms with Crippen LogP contribution in [0.15, 0.2) is 22.8 Å². The highest BCUT2D eigenvalue weighted by atomic mass is 16.3.